The summed E-state index contributed by atoms with van der Waals surface area (Å²) in [6.07, 6.45) is 4.00. The van der Waals surface area contributed by atoms with Gasteiger partial charge in [0, 0.05) is 12.0 Å². The van der Waals surface area contributed by atoms with Crippen molar-refractivity contribution in [2.45, 2.75) is 44.1 Å². The summed E-state index contributed by atoms with van der Waals surface area (Å²) in [5.41, 5.74) is 3.26. The lowest BCUT2D eigenvalue weighted by Gasteiger charge is -2.25. The molecule has 0 saturated heterocycles. The largest absolute Gasteiger partial charge is 0.313 e. The van der Waals surface area contributed by atoms with E-state index in [9.17, 15) is 0 Å². The molecule has 2 aliphatic rings. The van der Waals surface area contributed by atoms with Crippen LogP contribution in [0.15, 0.2) is 24.3 Å². The molecule has 1 aromatic rings. The van der Waals surface area contributed by atoms with E-state index in [4.69, 9.17) is 0 Å². The first kappa shape index (κ1) is 9.41. The van der Waals surface area contributed by atoms with Crippen molar-refractivity contribution in [3.8, 4) is 0 Å². The van der Waals surface area contributed by atoms with Crippen LogP contribution in [0.5, 0.6) is 0 Å². The number of hydrogen-bond acceptors (Lipinski definition) is 1. The molecule has 1 heteroatoms. The average Bonchev–Trinajstić information content (AvgIpc) is 2.85. The highest BCUT2D eigenvalue weighted by Gasteiger charge is 2.42. The molecular weight excluding hydrogens is 182 g/mol. The van der Waals surface area contributed by atoms with Gasteiger partial charge in [-0.25, -0.2) is 0 Å². The molecule has 1 N–H and O–H groups in total. The van der Waals surface area contributed by atoms with Gasteiger partial charge in [-0.3, -0.25) is 0 Å². The van der Waals surface area contributed by atoms with Crippen molar-refractivity contribution in [3.63, 3.8) is 0 Å². The van der Waals surface area contributed by atoms with E-state index in [2.05, 4.69) is 36.5 Å². The monoisotopic (exact) mass is 201 g/mol. The minimum Gasteiger partial charge on any atom is -0.313 e. The van der Waals surface area contributed by atoms with Crippen molar-refractivity contribution >= 4 is 0 Å². The molecule has 0 aliphatic heterocycles. The van der Waals surface area contributed by atoms with Crippen LogP contribution in [0.4, 0.5) is 0 Å². The molecule has 1 nitrogen and oxygen atoms in total. The first-order valence-corrected chi connectivity index (χ1v) is 6.22. The van der Waals surface area contributed by atoms with Gasteiger partial charge in [-0.15, -0.1) is 0 Å². The Balaban J connectivity index is 1.82. The summed E-state index contributed by atoms with van der Waals surface area (Å²) in [7, 11) is 0. The van der Waals surface area contributed by atoms with E-state index in [0.717, 1.165) is 17.9 Å². The summed E-state index contributed by atoms with van der Waals surface area (Å²) >= 11 is 0. The topological polar surface area (TPSA) is 12.0 Å². The van der Waals surface area contributed by atoms with E-state index >= 15 is 0 Å². The maximum absolute atomic E-state index is 3.70. The second-order valence-corrected chi connectivity index (χ2v) is 4.96. The zero-order chi connectivity index (χ0) is 10.3. The minimum atomic E-state index is 0.754. The molecule has 80 valence electrons. The van der Waals surface area contributed by atoms with Gasteiger partial charge in [0.05, 0.1) is 0 Å². The van der Waals surface area contributed by atoms with Crippen LogP contribution in [-0.4, -0.2) is 12.6 Å². The van der Waals surface area contributed by atoms with Crippen molar-refractivity contribution < 1.29 is 0 Å². The number of benzene rings is 1. The average molecular weight is 201 g/mol. The van der Waals surface area contributed by atoms with Gasteiger partial charge in [0.2, 0.25) is 0 Å². The van der Waals surface area contributed by atoms with Crippen LogP contribution in [0.1, 0.15) is 49.1 Å². The first-order chi connectivity index (χ1) is 7.40. The van der Waals surface area contributed by atoms with Gasteiger partial charge in [0.15, 0.2) is 0 Å². The molecule has 1 aromatic carbocycles. The van der Waals surface area contributed by atoms with Crippen molar-refractivity contribution in [2.75, 3.05) is 6.54 Å². The molecule has 1 saturated carbocycles. The molecule has 0 spiro atoms. The Morgan fingerprint density at radius 2 is 2.00 bits per heavy atom. The minimum absolute atomic E-state index is 0.754. The van der Waals surface area contributed by atoms with Gasteiger partial charge < -0.3 is 5.32 Å². The molecule has 0 aromatic heterocycles. The number of nitrogens with one attached hydrogen (secondary N) is 1. The fraction of sp³-hybridized carbons (Fsp3) is 0.571. The molecule has 3 rings (SSSR count). The van der Waals surface area contributed by atoms with Gasteiger partial charge in [0.25, 0.3) is 0 Å². The summed E-state index contributed by atoms with van der Waals surface area (Å²) < 4.78 is 0. The molecular formula is C14H19N. The Hall–Kier alpha value is -0.820. The quantitative estimate of drug-likeness (QED) is 0.792. The fourth-order valence-electron chi connectivity index (χ4n) is 3.41. The maximum Gasteiger partial charge on any atom is 0.0142 e. The molecule has 0 amide bonds. The van der Waals surface area contributed by atoms with Crippen LogP contribution < -0.4 is 5.32 Å². The molecule has 1 unspecified atom stereocenters. The van der Waals surface area contributed by atoms with Crippen LogP contribution >= 0.6 is 0 Å². The fourth-order valence-corrected chi connectivity index (χ4v) is 3.41. The van der Waals surface area contributed by atoms with Crippen LogP contribution in [-0.2, 0) is 0 Å². The van der Waals surface area contributed by atoms with E-state index < -0.39 is 0 Å². The zero-order valence-electron chi connectivity index (χ0n) is 9.37. The number of rotatable bonds is 3. The first-order valence-electron chi connectivity index (χ1n) is 6.22. The number of hydrogen-bond donors (Lipinski definition) is 1. The second-order valence-electron chi connectivity index (χ2n) is 4.96. The van der Waals surface area contributed by atoms with Gasteiger partial charge in [-0.2, -0.15) is 0 Å². The van der Waals surface area contributed by atoms with Crippen molar-refractivity contribution in [1.29, 1.82) is 0 Å². The summed E-state index contributed by atoms with van der Waals surface area (Å²) in [5, 5.41) is 3.70. The van der Waals surface area contributed by atoms with E-state index in [0.29, 0.717) is 0 Å². The van der Waals surface area contributed by atoms with Crippen LogP contribution in [0, 0.1) is 0 Å². The molecule has 1 fully saturated rings. The van der Waals surface area contributed by atoms with Crippen LogP contribution in [0.2, 0.25) is 0 Å². The molecule has 2 bridgehead atoms. The normalized spacial score (nSPS) is 31.9. The molecule has 15 heavy (non-hydrogen) atoms. The summed E-state index contributed by atoms with van der Waals surface area (Å²) in [4.78, 5) is 0. The van der Waals surface area contributed by atoms with Gasteiger partial charge >= 0.3 is 0 Å². The Labute approximate surface area is 91.9 Å². The Kier molecular flexibility index (Phi) is 2.28. The Morgan fingerprint density at radius 3 is 2.80 bits per heavy atom. The van der Waals surface area contributed by atoms with Crippen molar-refractivity contribution in [2.24, 2.45) is 0 Å². The summed E-state index contributed by atoms with van der Waals surface area (Å²) in [6, 6.07) is 9.80. The predicted molar refractivity (Wildman–Crippen MR) is 63.2 cm³/mol. The molecule has 3 atom stereocenters. The maximum atomic E-state index is 3.70. The molecule has 2 aliphatic carbocycles. The third-order valence-corrected chi connectivity index (χ3v) is 4.05. The standard InChI is InChI=1S/C14H19N/c1-2-7-15-14-9-10-8-13(14)12-6-4-3-5-11(10)12/h3-6,10,13-15H,2,7-9H2,1H3/t10?,13-,14+/m1/s1. The number of fused-ring (bicyclic) bond motifs is 5. The van der Waals surface area contributed by atoms with Gasteiger partial charge in [-0.05, 0) is 42.9 Å². The van der Waals surface area contributed by atoms with Crippen LogP contribution in [0.25, 0.3) is 0 Å². The van der Waals surface area contributed by atoms with Crippen LogP contribution in [0.3, 0.4) is 0 Å². The second kappa shape index (κ2) is 3.64. The van der Waals surface area contributed by atoms with Crippen molar-refractivity contribution in [1.82, 2.24) is 5.32 Å². The summed E-state index contributed by atoms with van der Waals surface area (Å²) in [6.45, 7) is 3.42. The summed E-state index contributed by atoms with van der Waals surface area (Å²) in [5.74, 6) is 1.65. The van der Waals surface area contributed by atoms with E-state index in [1.54, 1.807) is 11.1 Å². The van der Waals surface area contributed by atoms with E-state index in [-0.39, 0.29) is 0 Å². The predicted octanol–water partition coefficient (Wildman–Crippen LogP) is 3.03. The highest BCUT2D eigenvalue weighted by molar-refractivity contribution is 5.42. The third kappa shape index (κ3) is 1.41. The molecule has 0 heterocycles. The third-order valence-electron chi connectivity index (χ3n) is 4.05. The smallest absolute Gasteiger partial charge is 0.0142 e. The highest BCUT2D eigenvalue weighted by atomic mass is 14.9. The lowest BCUT2D eigenvalue weighted by molar-refractivity contribution is 0.466. The lowest BCUT2D eigenvalue weighted by atomic mass is 9.88. The van der Waals surface area contributed by atoms with E-state index in [1.807, 2.05) is 0 Å². The Bertz CT molecular complexity index is 358. The van der Waals surface area contributed by atoms with Gasteiger partial charge in [-0.1, -0.05) is 31.2 Å². The molecule has 0 radical (unpaired) electrons. The SMILES string of the molecule is CCCN[C@H]1CC2C[C@@H]1c1ccccc12. The zero-order valence-corrected chi connectivity index (χ0v) is 9.37. The highest BCUT2D eigenvalue weighted by Crippen LogP contribution is 2.52. The van der Waals surface area contributed by atoms with Crippen molar-refractivity contribution in [3.05, 3.63) is 35.4 Å². The Morgan fingerprint density at radius 1 is 1.20 bits per heavy atom. The lowest BCUT2D eigenvalue weighted by Crippen LogP contribution is -2.33. The van der Waals surface area contributed by atoms with Gasteiger partial charge in [0.1, 0.15) is 0 Å². The van der Waals surface area contributed by atoms with E-state index in [1.165, 1.54) is 25.8 Å².